The number of phenols is 1. The summed E-state index contributed by atoms with van der Waals surface area (Å²) in [4.78, 5) is 14.5. The molecule has 0 atom stereocenters. The quantitative estimate of drug-likeness (QED) is 0.630. The summed E-state index contributed by atoms with van der Waals surface area (Å²) in [6.07, 6.45) is 0. The predicted molar refractivity (Wildman–Crippen MR) is 108 cm³/mol. The van der Waals surface area contributed by atoms with E-state index in [1.54, 1.807) is 47.4 Å². The van der Waals surface area contributed by atoms with Crippen molar-refractivity contribution < 1.29 is 14.6 Å². The smallest absolute Gasteiger partial charge is 0.326 e. The Kier molecular flexibility index (Phi) is 5.84. The van der Waals surface area contributed by atoms with Gasteiger partial charge >= 0.3 is 6.03 Å². The minimum absolute atomic E-state index is 0.0491. The van der Waals surface area contributed by atoms with Crippen LogP contribution in [0.4, 0.5) is 16.2 Å². The number of urea groups is 1. The van der Waals surface area contributed by atoms with E-state index in [0.29, 0.717) is 22.1 Å². The van der Waals surface area contributed by atoms with Gasteiger partial charge in [-0.05, 0) is 54.1 Å². The van der Waals surface area contributed by atoms with Crippen molar-refractivity contribution in [3.05, 3.63) is 83.4 Å². The molecule has 0 aliphatic carbocycles. The third-order valence-corrected chi connectivity index (χ3v) is 4.25. The topological polar surface area (TPSA) is 61.8 Å². The van der Waals surface area contributed by atoms with Gasteiger partial charge in [0.2, 0.25) is 0 Å². The van der Waals surface area contributed by atoms with E-state index in [1.807, 2.05) is 30.3 Å². The first-order valence-corrected chi connectivity index (χ1v) is 8.69. The molecule has 5 nitrogen and oxygen atoms in total. The summed E-state index contributed by atoms with van der Waals surface area (Å²) in [5.74, 6) is 0.403. The number of anilines is 2. The number of carbonyl (C=O) groups excluding carboxylic acids is 1. The second-order valence-corrected chi connectivity index (χ2v) is 6.30. The summed E-state index contributed by atoms with van der Waals surface area (Å²) in [7, 11) is 1.48. The number of amides is 2. The Morgan fingerprint density at radius 2 is 1.78 bits per heavy atom. The number of carbonyl (C=O) groups is 1. The van der Waals surface area contributed by atoms with Gasteiger partial charge in [-0.3, -0.25) is 4.90 Å². The molecule has 0 bridgehead atoms. The molecule has 0 aliphatic heterocycles. The van der Waals surface area contributed by atoms with E-state index in [2.05, 4.69) is 5.32 Å². The van der Waals surface area contributed by atoms with Gasteiger partial charge in [0, 0.05) is 16.4 Å². The van der Waals surface area contributed by atoms with Crippen molar-refractivity contribution in [1.82, 2.24) is 0 Å². The van der Waals surface area contributed by atoms with Crippen LogP contribution in [0.5, 0.6) is 11.5 Å². The number of nitrogens with zero attached hydrogens (tertiary/aromatic N) is 1. The molecule has 0 spiro atoms. The van der Waals surface area contributed by atoms with Crippen LogP contribution in [0.1, 0.15) is 5.56 Å². The molecule has 0 saturated heterocycles. The molecule has 3 aromatic rings. The van der Waals surface area contributed by atoms with Gasteiger partial charge in [0.15, 0.2) is 11.5 Å². The van der Waals surface area contributed by atoms with Crippen molar-refractivity contribution in [2.45, 2.75) is 6.54 Å². The molecule has 2 amide bonds. The van der Waals surface area contributed by atoms with Crippen LogP contribution in [0.15, 0.2) is 72.8 Å². The molecule has 27 heavy (non-hydrogen) atoms. The summed E-state index contributed by atoms with van der Waals surface area (Å²) in [5, 5.41) is 13.3. The summed E-state index contributed by atoms with van der Waals surface area (Å²) < 4.78 is 5.16. The Labute approximate surface area is 162 Å². The minimum atomic E-state index is -0.282. The Morgan fingerprint density at radius 1 is 1.07 bits per heavy atom. The molecule has 6 heteroatoms. The first-order valence-electron chi connectivity index (χ1n) is 8.32. The number of halogens is 1. The fourth-order valence-electron chi connectivity index (χ4n) is 2.62. The number of methoxy groups -OCH3 is 1. The Morgan fingerprint density at radius 3 is 2.44 bits per heavy atom. The summed E-state index contributed by atoms with van der Waals surface area (Å²) in [5.41, 5.74) is 2.20. The van der Waals surface area contributed by atoms with Crippen molar-refractivity contribution in [3.63, 3.8) is 0 Å². The second kappa shape index (κ2) is 8.47. The van der Waals surface area contributed by atoms with Crippen molar-refractivity contribution in [2.75, 3.05) is 17.3 Å². The predicted octanol–water partition coefficient (Wildman–Crippen LogP) is 5.29. The molecule has 0 radical (unpaired) electrons. The fraction of sp³-hybridized carbons (Fsp3) is 0.0952. The van der Waals surface area contributed by atoms with Crippen LogP contribution in [0.25, 0.3) is 0 Å². The van der Waals surface area contributed by atoms with Crippen molar-refractivity contribution in [3.8, 4) is 11.5 Å². The molecule has 0 aliphatic rings. The third kappa shape index (κ3) is 4.71. The van der Waals surface area contributed by atoms with Crippen LogP contribution < -0.4 is 15.0 Å². The van der Waals surface area contributed by atoms with E-state index in [9.17, 15) is 9.90 Å². The molecule has 0 aromatic heterocycles. The molecule has 3 aromatic carbocycles. The number of benzene rings is 3. The SMILES string of the molecule is COc1cc(CN(C(=O)Nc2ccccc2)c2ccc(Cl)cc2)ccc1O. The van der Waals surface area contributed by atoms with Gasteiger partial charge < -0.3 is 15.2 Å². The lowest BCUT2D eigenvalue weighted by Gasteiger charge is -2.24. The highest BCUT2D eigenvalue weighted by Gasteiger charge is 2.17. The molecular weight excluding hydrogens is 364 g/mol. The van der Waals surface area contributed by atoms with E-state index >= 15 is 0 Å². The molecule has 138 valence electrons. The number of nitrogens with one attached hydrogen (secondary N) is 1. The van der Waals surface area contributed by atoms with Gasteiger partial charge in [0.1, 0.15) is 0 Å². The van der Waals surface area contributed by atoms with Gasteiger partial charge in [-0.15, -0.1) is 0 Å². The molecule has 0 saturated carbocycles. The van der Waals surface area contributed by atoms with Gasteiger partial charge in [0.05, 0.1) is 13.7 Å². The minimum Gasteiger partial charge on any atom is -0.504 e. The van der Waals surface area contributed by atoms with E-state index in [1.165, 1.54) is 7.11 Å². The van der Waals surface area contributed by atoms with Gasteiger partial charge in [-0.2, -0.15) is 0 Å². The van der Waals surface area contributed by atoms with Crippen LogP contribution in [0.2, 0.25) is 5.02 Å². The lowest BCUT2D eigenvalue weighted by Crippen LogP contribution is -2.34. The highest BCUT2D eigenvalue weighted by molar-refractivity contribution is 6.30. The van der Waals surface area contributed by atoms with Crippen LogP contribution in [-0.4, -0.2) is 18.2 Å². The molecule has 0 fully saturated rings. The number of hydrogen-bond acceptors (Lipinski definition) is 3. The van der Waals surface area contributed by atoms with Crippen LogP contribution in [-0.2, 0) is 6.54 Å². The number of aromatic hydroxyl groups is 1. The molecule has 2 N–H and O–H groups in total. The molecule has 0 unspecified atom stereocenters. The van der Waals surface area contributed by atoms with Crippen LogP contribution in [0, 0.1) is 0 Å². The Balaban J connectivity index is 1.89. The van der Waals surface area contributed by atoms with E-state index in [4.69, 9.17) is 16.3 Å². The van der Waals surface area contributed by atoms with E-state index in [-0.39, 0.29) is 18.3 Å². The monoisotopic (exact) mass is 382 g/mol. The van der Waals surface area contributed by atoms with Crippen molar-refractivity contribution in [2.24, 2.45) is 0 Å². The first-order chi connectivity index (χ1) is 13.1. The Hall–Kier alpha value is -3.18. The highest BCUT2D eigenvalue weighted by atomic mass is 35.5. The molecule has 0 heterocycles. The average molecular weight is 383 g/mol. The number of hydrogen-bond donors (Lipinski definition) is 2. The zero-order valence-corrected chi connectivity index (χ0v) is 15.5. The highest BCUT2D eigenvalue weighted by Crippen LogP contribution is 2.28. The largest absolute Gasteiger partial charge is 0.504 e. The Bertz CT molecular complexity index is 914. The summed E-state index contributed by atoms with van der Waals surface area (Å²) in [6.45, 7) is 0.289. The normalized spacial score (nSPS) is 10.3. The second-order valence-electron chi connectivity index (χ2n) is 5.86. The summed E-state index contributed by atoms with van der Waals surface area (Å²) in [6, 6.07) is 21.0. The fourth-order valence-corrected chi connectivity index (χ4v) is 2.74. The van der Waals surface area contributed by atoms with Crippen LogP contribution >= 0.6 is 11.6 Å². The first kappa shape index (κ1) is 18.6. The number of para-hydroxylation sites is 1. The number of ether oxygens (including phenoxy) is 1. The maximum atomic E-state index is 12.9. The molecular formula is C21H19ClN2O3. The van der Waals surface area contributed by atoms with Crippen molar-refractivity contribution in [1.29, 1.82) is 0 Å². The average Bonchev–Trinajstić information content (AvgIpc) is 2.69. The van der Waals surface area contributed by atoms with E-state index < -0.39 is 0 Å². The van der Waals surface area contributed by atoms with Gasteiger partial charge in [-0.1, -0.05) is 35.9 Å². The summed E-state index contributed by atoms with van der Waals surface area (Å²) >= 11 is 5.98. The zero-order chi connectivity index (χ0) is 19.2. The zero-order valence-electron chi connectivity index (χ0n) is 14.7. The molecule has 3 rings (SSSR count). The van der Waals surface area contributed by atoms with Gasteiger partial charge in [-0.25, -0.2) is 4.79 Å². The number of phenolic OH excluding ortho intramolecular Hbond substituents is 1. The maximum Gasteiger partial charge on any atom is 0.326 e. The van der Waals surface area contributed by atoms with Gasteiger partial charge in [0.25, 0.3) is 0 Å². The standard InChI is InChI=1S/C21H19ClN2O3/c1-27-20-13-15(7-12-19(20)25)14-24(18-10-8-16(22)9-11-18)21(26)23-17-5-3-2-4-6-17/h2-13,25H,14H2,1H3,(H,23,26). The van der Waals surface area contributed by atoms with E-state index in [0.717, 1.165) is 5.56 Å². The van der Waals surface area contributed by atoms with Crippen LogP contribution in [0.3, 0.4) is 0 Å². The lowest BCUT2D eigenvalue weighted by atomic mass is 10.1. The maximum absolute atomic E-state index is 12.9. The lowest BCUT2D eigenvalue weighted by molar-refractivity contribution is 0.256. The number of rotatable bonds is 5. The third-order valence-electron chi connectivity index (χ3n) is 3.99. The van der Waals surface area contributed by atoms with Crippen molar-refractivity contribution >= 4 is 29.0 Å².